The van der Waals surface area contributed by atoms with Gasteiger partial charge in [0.2, 0.25) is 0 Å². The van der Waals surface area contributed by atoms with Crippen molar-refractivity contribution in [3.63, 3.8) is 0 Å². The van der Waals surface area contributed by atoms with Gasteiger partial charge in [-0.1, -0.05) is 11.6 Å². The van der Waals surface area contributed by atoms with Crippen LogP contribution < -0.4 is 0 Å². The van der Waals surface area contributed by atoms with Crippen molar-refractivity contribution < 1.29 is 0 Å². The van der Waals surface area contributed by atoms with Gasteiger partial charge >= 0.3 is 0 Å². The van der Waals surface area contributed by atoms with Crippen LogP contribution in [0.15, 0.2) is 9.85 Å². The van der Waals surface area contributed by atoms with E-state index >= 15 is 0 Å². The smallest absolute Gasteiger partial charge is 0.144 e. The maximum Gasteiger partial charge on any atom is 0.144 e. The van der Waals surface area contributed by atoms with Crippen molar-refractivity contribution in [2.45, 2.75) is 56.9 Å². The molecule has 2 aromatic rings. The summed E-state index contributed by atoms with van der Waals surface area (Å²) >= 11 is 11.7. The van der Waals surface area contributed by atoms with Gasteiger partial charge < -0.3 is 4.57 Å². The van der Waals surface area contributed by atoms with E-state index in [9.17, 15) is 0 Å². The first-order valence-corrected chi connectivity index (χ1v) is 9.38. The monoisotopic (exact) mass is 385 g/mol. The molecular formula is C15H17BrClN3S. The first kappa shape index (κ1) is 14.2. The van der Waals surface area contributed by atoms with Crippen LogP contribution in [0.1, 0.15) is 68.0 Å². The second-order valence-corrected chi connectivity index (χ2v) is 9.45. The Hall–Kier alpha value is -0.390. The summed E-state index contributed by atoms with van der Waals surface area (Å²) in [5.41, 5.74) is -0.212. The molecule has 2 saturated carbocycles. The summed E-state index contributed by atoms with van der Waals surface area (Å²) in [7, 11) is 0. The van der Waals surface area contributed by atoms with E-state index in [0.717, 1.165) is 19.5 Å². The fourth-order valence-corrected chi connectivity index (χ4v) is 5.16. The van der Waals surface area contributed by atoms with Crippen molar-refractivity contribution in [1.29, 1.82) is 0 Å². The predicted molar refractivity (Wildman–Crippen MR) is 89.4 cm³/mol. The van der Waals surface area contributed by atoms with E-state index in [1.54, 1.807) is 11.3 Å². The van der Waals surface area contributed by atoms with E-state index in [-0.39, 0.29) is 5.41 Å². The summed E-state index contributed by atoms with van der Waals surface area (Å²) in [5, 5.41) is 9.93. The highest BCUT2D eigenvalue weighted by Crippen LogP contribution is 2.49. The van der Waals surface area contributed by atoms with E-state index < -0.39 is 0 Å². The predicted octanol–water partition coefficient (Wildman–Crippen LogP) is 5.29. The molecule has 0 unspecified atom stereocenters. The molecule has 2 aliphatic carbocycles. The summed E-state index contributed by atoms with van der Waals surface area (Å²) in [4.78, 5) is 1.16. The van der Waals surface area contributed by atoms with Gasteiger partial charge in [0.1, 0.15) is 11.6 Å². The third-order valence-electron chi connectivity index (χ3n) is 4.36. The molecule has 21 heavy (non-hydrogen) atoms. The van der Waals surface area contributed by atoms with Gasteiger partial charge in [-0.05, 0) is 61.5 Å². The van der Waals surface area contributed by atoms with Crippen LogP contribution in [0.3, 0.4) is 0 Å². The molecule has 0 N–H and O–H groups in total. The van der Waals surface area contributed by atoms with Crippen LogP contribution in [0.25, 0.3) is 0 Å². The highest BCUT2D eigenvalue weighted by Gasteiger charge is 2.41. The van der Waals surface area contributed by atoms with E-state index in [0.29, 0.717) is 12.0 Å². The molecule has 0 spiro atoms. The minimum atomic E-state index is -0.212. The molecule has 0 radical (unpaired) electrons. The maximum absolute atomic E-state index is 6.43. The van der Waals surface area contributed by atoms with Gasteiger partial charge in [0.05, 0.1) is 14.2 Å². The lowest BCUT2D eigenvalue weighted by atomic mass is 9.90. The first-order chi connectivity index (χ1) is 9.98. The van der Waals surface area contributed by atoms with Crippen molar-refractivity contribution in [2.24, 2.45) is 0 Å². The second-order valence-electron chi connectivity index (χ2n) is 6.61. The Kier molecular flexibility index (Phi) is 3.25. The molecule has 3 nitrogen and oxygen atoms in total. The molecule has 0 saturated heterocycles. The quantitative estimate of drug-likeness (QED) is 0.714. The lowest BCUT2D eigenvalue weighted by Gasteiger charge is -2.24. The largest absolute Gasteiger partial charge is 0.311 e. The van der Waals surface area contributed by atoms with Crippen molar-refractivity contribution in [2.75, 3.05) is 0 Å². The summed E-state index contributed by atoms with van der Waals surface area (Å²) in [6.07, 6.45) is 5.03. The van der Waals surface area contributed by atoms with Crippen LogP contribution >= 0.6 is 38.9 Å². The third kappa shape index (κ3) is 2.37. The van der Waals surface area contributed by atoms with Crippen LogP contribution in [0.4, 0.5) is 0 Å². The molecule has 2 fully saturated rings. The molecule has 0 aliphatic heterocycles. The molecule has 0 atom stereocenters. The van der Waals surface area contributed by atoms with Gasteiger partial charge in [-0.25, -0.2) is 0 Å². The number of rotatable bonds is 4. The normalized spacial score (nSPS) is 19.2. The van der Waals surface area contributed by atoms with E-state index in [4.69, 9.17) is 11.6 Å². The molecule has 0 bridgehead atoms. The van der Waals surface area contributed by atoms with Crippen molar-refractivity contribution in [3.8, 4) is 0 Å². The summed E-state index contributed by atoms with van der Waals surface area (Å²) < 4.78 is 3.48. The standard InChI is InChI=1S/C15H17BrClN3S/c1-15(2,12-10(17)7-11(16)21-12)14-19-18-13(8-3-4-8)20(14)9-5-6-9/h7-9H,3-6H2,1-2H3. The summed E-state index contributed by atoms with van der Waals surface area (Å²) in [5.74, 6) is 2.91. The van der Waals surface area contributed by atoms with Gasteiger partial charge in [0.25, 0.3) is 0 Å². The minimum absolute atomic E-state index is 0.212. The lowest BCUT2D eigenvalue weighted by Crippen LogP contribution is -2.24. The average molecular weight is 387 g/mol. The van der Waals surface area contributed by atoms with Crippen molar-refractivity contribution in [1.82, 2.24) is 14.8 Å². The first-order valence-electron chi connectivity index (χ1n) is 7.39. The summed E-state index contributed by atoms with van der Waals surface area (Å²) in [6.45, 7) is 4.41. The van der Waals surface area contributed by atoms with Crippen LogP contribution in [0.2, 0.25) is 5.02 Å². The molecule has 0 aromatic carbocycles. The zero-order valence-electron chi connectivity index (χ0n) is 12.1. The highest BCUT2D eigenvalue weighted by atomic mass is 79.9. The van der Waals surface area contributed by atoms with Gasteiger partial charge in [0.15, 0.2) is 0 Å². The topological polar surface area (TPSA) is 30.7 Å². The van der Waals surface area contributed by atoms with Crippen LogP contribution in [0, 0.1) is 0 Å². The molecule has 2 aliphatic rings. The molecule has 4 rings (SSSR count). The molecule has 112 valence electrons. The number of halogens is 2. The van der Waals surface area contributed by atoms with E-state index in [1.165, 1.54) is 31.5 Å². The van der Waals surface area contributed by atoms with E-state index in [1.807, 2.05) is 6.07 Å². The van der Waals surface area contributed by atoms with Crippen LogP contribution in [-0.2, 0) is 5.41 Å². The Balaban J connectivity index is 1.83. The van der Waals surface area contributed by atoms with E-state index in [2.05, 4.69) is 44.5 Å². The molecule has 6 heteroatoms. The molecule has 2 aromatic heterocycles. The fraction of sp³-hybridized carbons (Fsp3) is 0.600. The molecular weight excluding hydrogens is 370 g/mol. The Labute approximate surface area is 141 Å². The van der Waals surface area contributed by atoms with Gasteiger partial charge in [-0.3, -0.25) is 0 Å². The second kappa shape index (κ2) is 4.80. The third-order valence-corrected chi connectivity index (χ3v) is 6.73. The Morgan fingerprint density at radius 2 is 2.00 bits per heavy atom. The molecule has 0 amide bonds. The maximum atomic E-state index is 6.43. The molecule has 2 heterocycles. The van der Waals surface area contributed by atoms with Crippen LogP contribution in [-0.4, -0.2) is 14.8 Å². The number of aromatic nitrogens is 3. The Bertz CT molecular complexity index is 698. The van der Waals surface area contributed by atoms with Crippen LogP contribution in [0.5, 0.6) is 0 Å². The van der Waals surface area contributed by atoms with Gasteiger partial charge in [0, 0.05) is 16.8 Å². The highest BCUT2D eigenvalue weighted by molar-refractivity contribution is 9.11. The zero-order chi connectivity index (χ0) is 14.8. The van der Waals surface area contributed by atoms with Crippen molar-refractivity contribution >= 4 is 38.9 Å². The Morgan fingerprint density at radius 1 is 1.29 bits per heavy atom. The SMILES string of the molecule is CC(C)(c1sc(Br)cc1Cl)c1nnc(C2CC2)n1C1CC1. The van der Waals surface area contributed by atoms with Gasteiger partial charge in [-0.15, -0.1) is 21.5 Å². The minimum Gasteiger partial charge on any atom is -0.311 e. The number of hydrogen-bond acceptors (Lipinski definition) is 3. The van der Waals surface area contributed by atoms with Crippen molar-refractivity contribution in [3.05, 3.63) is 31.4 Å². The number of thiophene rings is 1. The number of hydrogen-bond donors (Lipinski definition) is 0. The number of nitrogens with zero attached hydrogens (tertiary/aromatic N) is 3. The lowest BCUT2D eigenvalue weighted by molar-refractivity contribution is 0.533. The Morgan fingerprint density at radius 3 is 2.52 bits per heavy atom. The zero-order valence-corrected chi connectivity index (χ0v) is 15.2. The van der Waals surface area contributed by atoms with Gasteiger partial charge in [-0.2, -0.15) is 0 Å². The fourth-order valence-electron chi connectivity index (χ4n) is 2.91. The summed E-state index contributed by atoms with van der Waals surface area (Å²) in [6, 6.07) is 2.58. The average Bonchev–Trinajstić information content (AvgIpc) is 3.34.